The van der Waals surface area contributed by atoms with E-state index in [0.717, 1.165) is 5.56 Å². The second-order valence-electron chi connectivity index (χ2n) is 5.19. The third-order valence-electron chi connectivity index (χ3n) is 2.97. The van der Waals surface area contributed by atoms with Crippen LogP contribution in [-0.4, -0.2) is 27.6 Å². The summed E-state index contributed by atoms with van der Waals surface area (Å²) in [6, 6.07) is 5.21. The molecule has 1 aromatic carbocycles. The number of Topliss-reactive ketones (excluding diaryl/α,β-unsaturated/α-hetero) is 1. The van der Waals surface area contributed by atoms with Gasteiger partial charge >= 0.3 is 0 Å². The Balaban J connectivity index is 1.93. The number of ketones is 1. The van der Waals surface area contributed by atoms with Crippen LogP contribution in [0, 0.1) is 12.8 Å². The maximum atomic E-state index is 12.2. The van der Waals surface area contributed by atoms with Crippen molar-refractivity contribution >= 4 is 51.5 Å². The van der Waals surface area contributed by atoms with E-state index in [9.17, 15) is 9.59 Å². The van der Waals surface area contributed by atoms with Gasteiger partial charge in [-0.1, -0.05) is 48.5 Å². The Bertz CT molecular complexity index is 731. The van der Waals surface area contributed by atoms with Crippen molar-refractivity contribution in [3.8, 4) is 0 Å². The van der Waals surface area contributed by atoms with E-state index in [1.54, 1.807) is 32.0 Å². The third-order valence-corrected chi connectivity index (χ3v) is 5.36. The zero-order chi connectivity index (χ0) is 17.0. The molecule has 5 nitrogen and oxygen atoms in total. The first-order valence-corrected chi connectivity index (χ1v) is 9.11. The Morgan fingerprint density at radius 1 is 1.35 bits per heavy atom. The monoisotopic (exact) mass is 369 g/mol. The summed E-state index contributed by atoms with van der Waals surface area (Å²) in [6.07, 6.45) is 0. The van der Waals surface area contributed by atoms with E-state index in [1.807, 2.05) is 6.92 Å². The van der Waals surface area contributed by atoms with Gasteiger partial charge in [0.05, 0.1) is 5.75 Å². The van der Waals surface area contributed by atoms with E-state index < -0.39 is 0 Å². The molecule has 0 aliphatic carbocycles. The minimum absolute atomic E-state index is 0.00210. The maximum absolute atomic E-state index is 12.2. The number of amides is 1. The van der Waals surface area contributed by atoms with Crippen LogP contribution in [0.4, 0.5) is 5.13 Å². The van der Waals surface area contributed by atoms with Crippen molar-refractivity contribution in [2.45, 2.75) is 25.1 Å². The molecule has 0 aliphatic heterocycles. The third kappa shape index (κ3) is 5.02. The largest absolute Gasteiger partial charge is 0.300 e. The smallest absolute Gasteiger partial charge is 0.228 e. The highest BCUT2D eigenvalue weighted by Gasteiger charge is 2.13. The number of rotatable bonds is 6. The van der Waals surface area contributed by atoms with Crippen molar-refractivity contribution in [1.82, 2.24) is 10.2 Å². The quantitative estimate of drug-likeness (QED) is 0.472. The average Bonchev–Trinajstić information content (AvgIpc) is 2.95. The molecule has 0 radical (unpaired) electrons. The Hall–Kier alpha value is -1.44. The molecule has 0 unspecified atom stereocenters. The van der Waals surface area contributed by atoms with Crippen molar-refractivity contribution in [2.75, 3.05) is 11.1 Å². The lowest BCUT2D eigenvalue weighted by atomic mass is 10.1. The van der Waals surface area contributed by atoms with Crippen LogP contribution >= 0.6 is 34.7 Å². The number of anilines is 1. The molecule has 0 bridgehead atoms. The lowest BCUT2D eigenvalue weighted by Gasteiger charge is -2.03. The minimum Gasteiger partial charge on any atom is -0.300 e. The molecule has 2 aromatic rings. The topological polar surface area (TPSA) is 72.0 Å². The molecule has 0 saturated heterocycles. The van der Waals surface area contributed by atoms with Crippen LogP contribution < -0.4 is 5.32 Å². The maximum Gasteiger partial charge on any atom is 0.228 e. The van der Waals surface area contributed by atoms with Gasteiger partial charge in [-0.3, -0.25) is 9.59 Å². The molecule has 23 heavy (non-hydrogen) atoms. The molecular weight excluding hydrogens is 354 g/mol. The fraction of sp³-hybridized carbons (Fsp3) is 0.333. The Kier molecular flexibility index (Phi) is 6.15. The van der Waals surface area contributed by atoms with Gasteiger partial charge in [0.2, 0.25) is 11.0 Å². The molecule has 1 N–H and O–H groups in total. The summed E-state index contributed by atoms with van der Waals surface area (Å²) >= 11 is 8.51. The molecule has 0 fully saturated rings. The molecular formula is C15H16ClN3O2S2. The lowest BCUT2D eigenvalue weighted by molar-refractivity contribution is -0.118. The second kappa shape index (κ2) is 7.90. The van der Waals surface area contributed by atoms with Crippen LogP contribution in [-0.2, 0) is 4.79 Å². The predicted molar refractivity (Wildman–Crippen MR) is 94.6 cm³/mol. The van der Waals surface area contributed by atoms with Crippen LogP contribution in [0.1, 0.15) is 29.8 Å². The van der Waals surface area contributed by atoms with Crippen LogP contribution in [0.15, 0.2) is 22.5 Å². The zero-order valence-corrected chi connectivity index (χ0v) is 15.3. The summed E-state index contributed by atoms with van der Waals surface area (Å²) in [6.45, 7) is 5.47. The van der Waals surface area contributed by atoms with Gasteiger partial charge in [-0.15, -0.1) is 10.2 Å². The molecule has 2 rings (SSSR count). The number of nitrogens with zero attached hydrogens (tertiary/aromatic N) is 2. The number of hydrogen-bond acceptors (Lipinski definition) is 6. The van der Waals surface area contributed by atoms with Gasteiger partial charge in [0.15, 0.2) is 10.1 Å². The van der Waals surface area contributed by atoms with Gasteiger partial charge in [-0.2, -0.15) is 0 Å². The van der Waals surface area contributed by atoms with E-state index in [-0.39, 0.29) is 23.4 Å². The van der Waals surface area contributed by atoms with Gasteiger partial charge in [-0.05, 0) is 30.7 Å². The summed E-state index contributed by atoms with van der Waals surface area (Å²) < 4.78 is 0.642. The molecule has 1 heterocycles. The molecule has 122 valence electrons. The van der Waals surface area contributed by atoms with Gasteiger partial charge in [0, 0.05) is 16.5 Å². The summed E-state index contributed by atoms with van der Waals surface area (Å²) in [5.41, 5.74) is 1.49. The molecule has 0 spiro atoms. The fourth-order valence-corrected chi connectivity index (χ4v) is 3.36. The number of aryl methyl sites for hydroxylation is 1. The van der Waals surface area contributed by atoms with E-state index >= 15 is 0 Å². The zero-order valence-electron chi connectivity index (χ0n) is 12.9. The first-order chi connectivity index (χ1) is 10.9. The number of thioether (sulfide) groups is 1. The van der Waals surface area contributed by atoms with E-state index in [4.69, 9.17) is 11.6 Å². The fourth-order valence-electron chi connectivity index (χ4n) is 1.60. The first kappa shape index (κ1) is 17.9. The number of hydrogen-bond donors (Lipinski definition) is 1. The lowest BCUT2D eigenvalue weighted by Crippen LogP contribution is -2.17. The minimum atomic E-state index is -0.121. The van der Waals surface area contributed by atoms with Crippen molar-refractivity contribution < 1.29 is 9.59 Å². The van der Waals surface area contributed by atoms with E-state index in [2.05, 4.69) is 15.5 Å². The number of carbonyl (C=O) groups is 2. The van der Waals surface area contributed by atoms with Gasteiger partial charge in [-0.25, -0.2) is 0 Å². The Labute approximate surface area is 147 Å². The van der Waals surface area contributed by atoms with Crippen LogP contribution in [0.25, 0.3) is 0 Å². The number of benzene rings is 1. The normalized spacial score (nSPS) is 10.8. The van der Waals surface area contributed by atoms with Crippen molar-refractivity contribution in [1.29, 1.82) is 0 Å². The summed E-state index contributed by atoms with van der Waals surface area (Å²) in [4.78, 5) is 23.8. The van der Waals surface area contributed by atoms with Crippen molar-refractivity contribution in [3.63, 3.8) is 0 Å². The predicted octanol–water partition coefficient (Wildman–Crippen LogP) is 4.07. The Morgan fingerprint density at radius 2 is 2.09 bits per heavy atom. The van der Waals surface area contributed by atoms with Gasteiger partial charge < -0.3 is 5.32 Å². The van der Waals surface area contributed by atoms with Gasteiger partial charge in [0.1, 0.15) is 0 Å². The highest BCUT2D eigenvalue weighted by atomic mass is 35.5. The second-order valence-corrected chi connectivity index (χ2v) is 7.80. The van der Waals surface area contributed by atoms with Crippen molar-refractivity contribution in [3.05, 3.63) is 34.3 Å². The highest BCUT2D eigenvalue weighted by molar-refractivity contribution is 8.01. The summed E-state index contributed by atoms with van der Waals surface area (Å²) in [5.74, 6) is 0.0289. The number of carbonyl (C=O) groups excluding carboxylic acids is 2. The number of halogens is 1. The van der Waals surface area contributed by atoms with Crippen molar-refractivity contribution in [2.24, 2.45) is 5.92 Å². The average molecular weight is 370 g/mol. The van der Waals surface area contributed by atoms with E-state index in [0.29, 0.717) is 20.1 Å². The van der Waals surface area contributed by atoms with Gasteiger partial charge in [0.25, 0.3) is 0 Å². The standard InChI is InChI=1S/C15H16ClN3O2S2/c1-8(2)13(21)17-14-18-19-15(23-14)22-7-12(20)10-4-5-11(16)9(3)6-10/h4-6,8H,7H2,1-3H3,(H,17,18,21). The molecule has 0 aliphatic rings. The number of nitrogens with one attached hydrogen (secondary N) is 1. The highest BCUT2D eigenvalue weighted by Crippen LogP contribution is 2.27. The van der Waals surface area contributed by atoms with Crippen LogP contribution in [0.5, 0.6) is 0 Å². The Morgan fingerprint density at radius 3 is 2.74 bits per heavy atom. The SMILES string of the molecule is Cc1cc(C(=O)CSc2nnc(NC(=O)C(C)C)s2)ccc1Cl. The van der Waals surface area contributed by atoms with Crippen LogP contribution in [0.3, 0.4) is 0 Å². The summed E-state index contributed by atoms with van der Waals surface area (Å²) in [5, 5.41) is 11.6. The molecule has 0 atom stereocenters. The molecule has 0 saturated carbocycles. The van der Waals surface area contributed by atoms with Crippen LogP contribution in [0.2, 0.25) is 5.02 Å². The summed E-state index contributed by atoms with van der Waals surface area (Å²) in [7, 11) is 0. The number of aromatic nitrogens is 2. The molecule has 8 heteroatoms. The first-order valence-electron chi connectivity index (χ1n) is 6.93. The van der Waals surface area contributed by atoms with E-state index in [1.165, 1.54) is 23.1 Å². The molecule has 1 amide bonds. The molecule has 1 aromatic heterocycles.